The zero-order valence-corrected chi connectivity index (χ0v) is 12.1. The largest absolute Gasteiger partial charge is 0.295 e. The van der Waals surface area contributed by atoms with Gasteiger partial charge in [-0.15, -0.1) is 0 Å². The highest BCUT2D eigenvalue weighted by atomic mass is 16.1. The standard InChI is InChI=1S/C18H24O/c1-14-7-5-3-4-6-8-18(14)13-16-9-11-17(12-10-16)15(2)19/h7,9-12,18H,3-6,8,13H2,1-2H3. The number of ketones is 1. The van der Waals surface area contributed by atoms with E-state index in [1.807, 2.05) is 12.1 Å². The van der Waals surface area contributed by atoms with Gasteiger partial charge in [0.25, 0.3) is 0 Å². The Kier molecular flexibility index (Phi) is 4.95. The summed E-state index contributed by atoms with van der Waals surface area (Å²) in [6.07, 6.45) is 10.1. The average Bonchev–Trinajstić information content (AvgIpc) is 2.39. The molecule has 1 aromatic carbocycles. The van der Waals surface area contributed by atoms with Crippen LogP contribution >= 0.6 is 0 Å². The molecule has 1 aromatic rings. The second-order valence-corrected chi connectivity index (χ2v) is 5.74. The van der Waals surface area contributed by atoms with Gasteiger partial charge in [-0.05, 0) is 51.0 Å². The van der Waals surface area contributed by atoms with Crippen molar-refractivity contribution in [3.8, 4) is 0 Å². The van der Waals surface area contributed by atoms with Crippen molar-refractivity contribution in [2.24, 2.45) is 5.92 Å². The lowest BCUT2D eigenvalue weighted by Gasteiger charge is -2.20. The summed E-state index contributed by atoms with van der Waals surface area (Å²) in [7, 11) is 0. The highest BCUT2D eigenvalue weighted by Gasteiger charge is 2.13. The van der Waals surface area contributed by atoms with Crippen LogP contribution in [0.25, 0.3) is 0 Å². The second kappa shape index (κ2) is 6.70. The molecule has 1 nitrogen and oxygen atoms in total. The van der Waals surface area contributed by atoms with E-state index >= 15 is 0 Å². The predicted molar refractivity (Wildman–Crippen MR) is 80.5 cm³/mol. The molecule has 102 valence electrons. The number of hydrogen-bond acceptors (Lipinski definition) is 1. The van der Waals surface area contributed by atoms with Crippen molar-refractivity contribution in [3.63, 3.8) is 0 Å². The molecule has 0 spiro atoms. The van der Waals surface area contributed by atoms with Crippen molar-refractivity contribution in [2.75, 3.05) is 0 Å². The maximum atomic E-state index is 11.3. The molecule has 0 heterocycles. The fraction of sp³-hybridized carbons (Fsp3) is 0.500. The minimum atomic E-state index is 0.147. The summed E-state index contributed by atoms with van der Waals surface area (Å²) in [6, 6.07) is 8.14. The van der Waals surface area contributed by atoms with Gasteiger partial charge in [0.05, 0.1) is 0 Å². The normalized spacial score (nSPS) is 20.3. The van der Waals surface area contributed by atoms with Gasteiger partial charge in [0, 0.05) is 5.56 Å². The van der Waals surface area contributed by atoms with Gasteiger partial charge in [-0.3, -0.25) is 4.79 Å². The van der Waals surface area contributed by atoms with Gasteiger partial charge in [0.15, 0.2) is 5.78 Å². The summed E-state index contributed by atoms with van der Waals surface area (Å²) in [5, 5.41) is 0. The van der Waals surface area contributed by atoms with Crippen LogP contribution in [0.2, 0.25) is 0 Å². The Labute approximate surface area is 116 Å². The van der Waals surface area contributed by atoms with E-state index in [0.717, 1.165) is 12.0 Å². The lowest BCUT2D eigenvalue weighted by Crippen LogP contribution is -2.08. The number of hydrogen-bond donors (Lipinski definition) is 0. The zero-order chi connectivity index (χ0) is 13.7. The fourth-order valence-corrected chi connectivity index (χ4v) is 2.86. The Morgan fingerprint density at radius 2 is 1.89 bits per heavy atom. The highest BCUT2D eigenvalue weighted by Crippen LogP contribution is 2.26. The molecule has 0 amide bonds. The molecule has 2 rings (SSSR count). The van der Waals surface area contributed by atoms with E-state index in [9.17, 15) is 4.79 Å². The Balaban J connectivity index is 2.06. The molecule has 0 bridgehead atoms. The van der Waals surface area contributed by atoms with Crippen molar-refractivity contribution in [3.05, 3.63) is 47.0 Å². The molecule has 1 heteroatoms. The van der Waals surface area contributed by atoms with Crippen LogP contribution in [0.5, 0.6) is 0 Å². The third kappa shape index (κ3) is 4.05. The van der Waals surface area contributed by atoms with Gasteiger partial charge < -0.3 is 0 Å². The summed E-state index contributed by atoms with van der Waals surface area (Å²) in [5.41, 5.74) is 3.72. The smallest absolute Gasteiger partial charge is 0.159 e. The molecular formula is C18H24O. The molecule has 1 unspecified atom stereocenters. The van der Waals surface area contributed by atoms with Gasteiger partial charge in [-0.25, -0.2) is 0 Å². The minimum absolute atomic E-state index is 0.147. The van der Waals surface area contributed by atoms with Crippen molar-refractivity contribution in [2.45, 2.75) is 52.4 Å². The Hall–Kier alpha value is -1.37. The number of carbonyl (C=O) groups excluding carboxylic acids is 1. The molecule has 0 N–H and O–H groups in total. The number of benzene rings is 1. The van der Waals surface area contributed by atoms with Crippen molar-refractivity contribution >= 4 is 5.78 Å². The van der Waals surface area contributed by atoms with Gasteiger partial charge in [0.1, 0.15) is 0 Å². The zero-order valence-electron chi connectivity index (χ0n) is 12.1. The third-order valence-corrected chi connectivity index (χ3v) is 4.21. The first-order chi connectivity index (χ1) is 9.16. The van der Waals surface area contributed by atoms with Crippen LogP contribution in [0.4, 0.5) is 0 Å². The molecule has 0 saturated heterocycles. The first kappa shape index (κ1) is 14.0. The summed E-state index contributed by atoms with van der Waals surface area (Å²) in [4.78, 5) is 11.3. The molecule has 0 aliphatic heterocycles. The molecule has 1 aliphatic carbocycles. The molecule has 0 saturated carbocycles. The lowest BCUT2D eigenvalue weighted by atomic mass is 9.85. The quantitative estimate of drug-likeness (QED) is 0.552. The number of Topliss-reactive ketones (excluding diaryl/α,β-unsaturated/α-hetero) is 1. The maximum Gasteiger partial charge on any atom is 0.159 e. The van der Waals surface area contributed by atoms with Gasteiger partial charge >= 0.3 is 0 Å². The molecule has 0 radical (unpaired) electrons. The molecule has 1 atom stereocenters. The number of allylic oxidation sites excluding steroid dienone is 2. The van der Waals surface area contributed by atoms with Gasteiger partial charge in [-0.1, -0.05) is 48.8 Å². The van der Waals surface area contributed by atoms with E-state index in [1.165, 1.54) is 37.7 Å². The van der Waals surface area contributed by atoms with Crippen LogP contribution in [-0.4, -0.2) is 5.78 Å². The Morgan fingerprint density at radius 3 is 2.58 bits per heavy atom. The molecule has 1 aliphatic rings. The van der Waals surface area contributed by atoms with Crippen molar-refractivity contribution in [1.29, 1.82) is 0 Å². The monoisotopic (exact) mass is 256 g/mol. The van der Waals surface area contributed by atoms with Crippen LogP contribution in [0, 0.1) is 5.92 Å². The van der Waals surface area contributed by atoms with Crippen LogP contribution in [-0.2, 0) is 6.42 Å². The topological polar surface area (TPSA) is 17.1 Å². The van der Waals surface area contributed by atoms with Crippen LogP contribution in [0.1, 0.15) is 61.9 Å². The highest BCUT2D eigenvalue weighted by molar-refractivity contribution is 5.93. The fourth-order valence-electron chi connectivity index (χ4n) is 2.86. The molecule has 0 aromatic heterocycles. The van der Waals surface area contributed by atoms with E-state index in [4.69, 9.17) is 0 Å². The van der Waals surface area contributed by atoms with E-state index in [0.29, 0.717) is 5.92 Å². The maximum absolute atomic E-state index is 11.3. The van der Waals surface area contributed by atoms with Crippen LogP contribution in [0.3, 0.4) is 0 Å². The van der Waals surface area contributed by atoms with E-state index < -0.39 is 0 Å². The molecule has 0 fully saturated rings. The van der Waals surface area contributed by atoms with Crippen LogP contribution in [0.15, 0.2) is 35.9 Å². The predicted octanol–water partition coefficient (Wildman–Crippen LogP) is 4.96. The van der Waals surface area contributed by atoms with Gasteiger partial charge in [-0.2, -0.15) is 0 Å². The Bertz CT molecular complexity index is 453. The first-order valence-corrected chi connectivity index (χ1v) is 7.43. The molecule has 19 heavy (non-hydrogen) atoms. The van der Waals surface area contributed by atoms with Crippen molar-refractivity contribution in [1.82, 2.24) is 0 Å². The third-order valence-electron chi connectivity index (χ3n) is 4.21. The minimum Gasteiger partial charge on any atom is -0.295 e. The lowest BCUT2D eigenvalue weighted by molar-refractivity contribution is 0.101. The number of carbonyl (C=O) groups is 1. The second-order valence-electron chi connectivity index (χ2n) is 5.74. The summed E-state index contributed by atoms with van der Waals surface area (Å²) < 4.78 is 0. The van der Waals surface area contributed by atoms with Gasteiger partial charge in [0.2, 0.25) is 0 Å². The summed E-state index contributed by atoms with van der Waals surface area (Å²) >= 11 is 0. The Morgan fingerprint density at radius 1 is 1.16 bits per heavy atom. The average molecular weight is 256 g/mol. The molecular weight excluding hydrogens is 232 g/mol. The first-order valence-electron chi connectivity index (χ1n) is 7.43. The van der Waals surface area contributed by atoms with E-state index in [-0.39, 0.29) is 5.78 Å². The SMILES string of the molecule is CC(=O)c1ccc(CC2CCCCCC=C2C)cc1. The summed E-state index contributed by atoms with van der Waals surface area (Å²) in [6.45, 7) is 3.90. The van der Waals surface area contributed by atoms with Crippen LogP contribution < -0.4 is 0 Å². The van der Waals surface area contributed by atoms with E-state index in [1.54, 1.807) is 12.5 Å². The number of rotatable bonds is 3. The van der Waals surface area contributed by atoms with Crippen molar-refractivity contribution < 1.29 is 4.79 Å². The summed E-state index contributed by atoms with van der Waals surface area (Å²) in [5.74, 6) is 0.831. The van der Waals surface area contributed by atoms with E-state index in [2.05, 4.69) is 25.1 Å².